The average Bonchev–Trinajstić information content (AvgIpc) is 3.23. The maximum Gasteiger partial charge on any atom is 0.295 e. The van der Waals surface area contributed by atoms with Crippen molar-refractivity contribution in [1.29, 1.82) is 0 Å². The molecule has 20 nitrogen and oxygen atoms in total. The summed E-state index contributed by atoms with van der Waals surface area (Å²) >= 11 is 0. The molecule has 0 aromatic heterocycles. The van der Waals surface area contributed by atoms with Crippen LogP contribution >= 0.6 is 0 Å². The van der Waals surface area contributed by atoms with Gasteiger partial charge in [-0.3, -0.25) is 27.8 Å². The largest absolute Gasteiger partial charge is 0.322 e. The van der Waals surface area contributed by atoms with Gasteiger partial charge in [0.05, 0.1) is 22.7 Å². The van der Waals surface area contributed by atoms with Crippen molar-refractivity contribution in [3.05, 3.63) is 144 Å². The second-order valence-electron chi connectivity index (χ2n) is 14.4. The van der Waals surface area contributed by atoms with Gasteiger partial charge in [-0.2, -0.15) is 54.1 Å². The van der Waals surface area contributed by atoms with Gasteiger partial charge in [-0.25, -0.2) is 0 Å². The monoisotopic (exact) mass is 972 g/mol. The number of hydrogen-bond acceptors (Lipinski definition) is 14. The Bertz CT molecular complexity index is 3470. The molecule has 0 atom stereocenters. The first-order valence-corrected chi connectivity index (χ1v) is 24.4. The molecule has 0 aliphatic heterocycles. The van der Waals surface area contributed by atoms with Crippen LogP contribution in [0.4, 0.5) is 34.1 Å². The molecule has 0 bridgehead atoms. The summed E-state index contributed by atoms with van der Waals surface area (Å²) in [4.78, 5) is 23.7. The van der Waals surface area contributed by atoms with Gasteiger partial charge in [0.25, 0.3) is 52.3 Å². The van der Waals surface area contributed by atoms with E-state index in [1.165, 1.54) is 84.9 Å². The van der Waals surface area contributed by atoms with Gasteiger partial charge in [-0.1, -0.05) is 24.3 Å². The van der Waals surface area contributed by atoms with Crippen molar-refractivity contribution in [2.45, 2.75) is 33.4 Å². The van der Waals surface area contributed by atoms with Gasteiger partial charge in [0.1, 0.15) is 19.6 Å². The number of benzene rings is 7. The summed E-state index contributed by atoms with van der Waals surface area (Å²) < 4.78 is 136. The molecule has 0 aliphatic carbocycles. The number of nitrogens with one attached hydrogen (secondary N) is 2. The molecule has 338 valence electrons. The van der Waals surface area contributed by atoms with Crippen molar-refractivity contribution in [2.24, 2.45) is 20.5 Å². The van der Waals surface area contributed by atoms with Crippen LogP contribution in [0.1, 0.15) is 31.8 Å². The van der Waals surface area contributed by atoms with E-state index in [0.29, 0.717) is 22.5 Å². The van der Waals surface area contributed by atoms with E-state index in [0.717, 1.165) is 24.3 Å². The minimum Gasteiger partial charge on any atom is -0.322 e. The minimum absolute atomic E-state index is 0.156. The Morgan fingerprint density at radius 2 is 0.758 bits per heavy atom. The van der Waals surface area contributed by atoms with Crippen molar-refractivity contribution in [3.63, 3.8) is 0 Å². The predicted molar refractivity (Wildman–Crippen MR) is 240 cm³/mol. The van der Waals surface area contributed by atoms with Crippen molar-refractivity contribution in [1.82, 2.24) is 0 Å². The normalized spacial score (nSPS) is 12.6. The number of carbonyl (C=O) groups excluding carboxylic acids is 2. The van der Waals surface area contributed by atoms with E-state index >= 15 is 0 Å². The molecule has 7 aromatic rings. The Morgan fingerprint density at radius 1 is 0.409 bits per heavy atom. The fourth-order valence-corrected chi connectivity index (χ4v) is 9.55. The Labute approximate surface area is 375 Å². The number of rotatable bonds is 12. The number of anilines is 2. The highest BCUT2D eigenvalue weighted by molar-refractivity contribution is 7.87. The van der Waals surface area contributed by atoms with Crippen molar-refractivity contribution < 1.29 is 61.5 Å². The Kier molecular flexibility index (Phi) is 12.5. The molecule has 2 amide bonds. The molecular weight excluding hydrogens is 941 g/mol. The summed E-state index contributed by atoms with van der Waals surface area (Å²) in [7, 11) is -19.3. The number of aryl methyl sites for hydroxylation is 2. The first-order valence-electron chi connectivity index (χ1n) is 18.7. The number of carbonyl (C=O) groups is 2. The molecule has 7 aromatic carbocycles. The molecule has 0 spiro atoms. The van der Waals surface area contributed by atoms with Crippen LogP contribution in [0, 0.1) is 13.8 Å². The van der Waals surface area contributed by atoms with Crippen LogP contribution < -0.4 is 10.6 Å². The molecular formula is C42H32N6O14S4. The first kappa shape index (κ1) is 46.8. The van der Waals surface area contributed by atoms with Crippen molar-refractivity contribution in [2.75, 3.05) is 10.6 Å². The molecule has 6 N–H and O–H groups in total. The van der Waals surface area contributed by atoms with Crippen LogP contribution in [0.3, 0.4) is 0 Å². The standard InChI is InChI=1S/C42H32N6O14S4/c1-23-17-27(13-15-35(23)47-45-29-19-33-31(39(21-29)65(57,58)59)5-3-7-37(33)63(51,52)53)43-41(49)25-9-11-26(12-10-25)42(50)44-28-14-16-36(24(2)18-28)48-46-30-20-34-32(40(22-30)66(60,61)62)6-4-8-38(34)64(54,55)56/h3-22H,1-2H3,(H,43,49)(H,44,50)(H,51,52,53)(H,54,55,56)(H,57,58,59)(H,60,61,62). The topological polar surface area (TPSA) is 325 Å². The van der Waals surface area contributed by atoms with Gasteiger partial charge < -0.3 is 10.6 Å². The van der Waals surface area contributed by atoms with E-state index in [2.05, 4.69) is 31.1 Å². The second kappa shape index (κ2) is 17.7. The van der Waals surface area contributed by atoms with Gasteiger partial charge in [-0.05, 0) is 122 Å². The minimum atomic E-state index is -4.86. The number of amides is 2. The zero-order valence-electron chi connectivity index (χ0n) is 33.8. The Hall–Kier alpha value is -7.16. The quantitative estimate of drug-likeness (QED) is 0.0492. The van der Waals surface area contributed by atoms with Gasteiger partial charge in [0.15, 0.2) is 0 Å². The summed E-state index contributed by atoms with van der Waals surface area (Å²) in [5, 5.41) is 21.0. The molecule has 7 rings (SSSR count). The van der Waals surface area contributed by atoms with E-state index in [1.54, 1.807) is 26.0 Å². The summed E-state index contributed by atoms with van der Waals surface area (Å²) in [5.74, 6) is -1.03. The average molecular weight is 973 g/mol. The molecule has 24 heteroatoms. The molecule has 66 heavy (non-hydrogen) atoms. The highest BCUT2D eigenvalue weighted by Crippen LogP contribution is 2.36. The third-order valence-corrected chi connectivity index (χ3v) is 13.4. The first-order chi connectivity index (χ1) is 30.9. The molecule has 0 radical (unpaired) electrons. The van der Waals surface area contributed by atoms with Gasteiger partial charge >= 0.3 is 0 Å². The lowest BCUT2D eigenvalue weighted by Crippen LogP contribution is -2.14. The van der Waals surface area contributed by atoms with Gasteiger partial charge in [0.2, 0.25) is 0 Å². The van der Waals surface area contributed by atoms with Crippen molar-refractivity contribution in [3.8, 4) is 0 Å². The fourth-order valence-electron chi connectivity index (χ4n) is 6.70. The van der Waals surface area contributed by atoms with E-state index in [-0.39, 0.29) is 55.4 Å². The number of hydrogen-bond donors (Lipinski definition) is 6. The van der Waals surface area contributed by atoms with Gasteiger partial charge in [0, 0.05) is 44.0 Å². The molecule has 0 heterocycles. The van der Waals surface area contributed by atoms with Crippen LogP contribution in [0.15, 0.2) is 161 Å². The second-order valence-corrected chi connectivity index (χ2v) is 19.9. The van der Waals surface area contributed by atoms with E-state index < -0.39 is 71.9 Å². The van der Waals surface area contributed by atoms with Crippen LogP contribution in [0.25, 0.3) is 21.5 Å². The fraction of sp³-hybridized carbons (Fsp3) is 0.0476. The summed E-state index contributed by atoms with van der Waals surface area (Å²) in [6.07, 6.45) is 0. The lowest BCUT2D eigenvalue weighted by Gasteiger charge is -2.10. The van der Waals surface area contributed by atoms with Crippen molar-refractivity contribution >= 4 is 108 Å². The Morgan fingerprint density at radius 3 is 1.08 bits per heavy atom. The maximum atomic E-state index is 13.1. The summed E-state index contributed by atoms with van der Waals surface area (Å²) in [6, 6.07) is 26.3. The summed E-state index contributed by atoms with van der Waals surface area (Å²) in [5.41, 5.74) is 2.42. The maximum absolute atomic E-state index is 13.1. The zero-order chi connectivity index (χ0) is 47.9. The molecule has 0 fully saturated rings. The van der Waals surface area contributed by atoms with Crippen LogP contribution in [0.2, 0.25) is 0 Å². The molecule has 0 aliphatic rings. The van der Waals surface area contributed by atoms with Gasteiger partial charge in [-0.15, -0.1) is 0 Å². The SMILES string of the molecule is Cc1cc(NC(=O)c2ccc(C(=O)Nc3ccc(N=Nc4cc(S(=O)(=O)O)c5cccc(S(=O)(=O)O)c5c4)c(C)c3)cc2)ccc1N=Nc1cc(S(=O)(=O)O)c2cccc(S(=O)(=O)O)c2c1. The highest BCUT2D eigenvalue weighted by Gasteiger charge is 2.23. The predicted octanol–water partition coefficient (Wildman–Crippen LogP) is 8.93. The molecule has 0 unspecified atom stereocenters. The van der Waals surface area contributed by atoms with E-state index in [4.69, 9.17) is 0 Å². The summed E-state index contributed by atoms with van der Waals surface area (Å²) in [6.45, 7) is 3.31. The van der Waals surface area contributed by atoms with Crippen LogP contribution in [-0.2, 0) is 40.5 Å². The lowest BCUT2D eigenvalue weighted by atomic mass is 10.1. The smallest absolute Gasteiger partial charge is 0.295 e. The third kappa shape index (κ3) is 10.4. The van der Waals surface area contributed by atoms with Crippen LogP contribution in [0.5, 0.6) is 0 Å². The zero-order valence-corrected chi connectivity index (χ0v) is 37.1. The highest BCUT2D eigenvalue weighted by atomic mass is 32.2. The lowest BCUT2D eigenvalue weighted by molar-refractivity contribution is 0.101. The molecule has 0 saturated heterocycles. The molecule has 0 saturated carbocycles. The Balaban J connectivity index is 1.01. The third-order valence-electron chi connectivity index (χ3n) is 9.78. The van der Waals surface area contributed by atoms with E-state index in [1.807, 2.05) is 0 Å². The van der Waals surface area contributed by atoms with E-state index in [9.17, 15) is 61.5 Å². The number of fused-ring (bicyclic) bond motifs is 2. The van der Waals surface area contributed by atoms with Crippen LogP contribution in [-0.4, -0.2) is 63.7 Å². The number of azo groups is 2. The number of nitrogens with zero attached hydrogens (tertiary/aromatic N) is 4.